The lowest BCUT2D eigenvalue weighted by atomic mass is 9.79. The van der Waals surface area contributed by atoms with Crippen molar-refractivity contribution < 1.29 is 28.0 Å². The minimum atomic E-state index is -1.17. The predicted molar refractivity (Wildman–Crippen MR) is 174 cm³/mol. The highest BCUT2D eigenvalue weighted by molar-refractivity contribution is 7.20. The van der Waals surface area contributed by atoms with Crippen molar-refractivity contribution in [3.8, 4) is 0 Å². The van der Waals surface area contributed by atoms with E-state index in [9.17, 15) is 28.0 Å². The first kappa shape index (κ1) is 30.7. The molecule has 47 heavy (non-hydrogen) atoms. The maximum Gasteiger partial charge on any atom is 0.270 e. The van der Waals surface area contributed by atoms with Crippen molar-refractivity contribution in [1.82, 2.24) is 19.8 Å². The zero-order valence-corrected chi connectivity index (χ0v) is 26.7. The second-order valence-corrected chi connectivity index (χ2v) is 13.7. The number of aromatic nitrogens is 2. The molecule has 0 bridgehead atoms. The number of likely N-dealkylation sites (tertiary alicyclic amines) is 1. The van der Waals surface area contributed by atoms with Gasteiger partial charge in [-0.25, -0.2) is 13.8 Å². The van der Waals surface area contributed by atoms with Crippen LogP contribution in [-0.4, -0.2) is 68.9 Å². The maximum absolute atomic E-state index is 14.7. The van der Waals surface area contributed by atoms with Gasteiger partial charge in [0.1, 0.15) is 23.4 Å². The zero-order chi connectivity index (χ0) is 33.2. The van der Waals surface area contributed by atoms with Gasteiger partial charge in [0, 0.05) is 30.7 Å². The van der Waals surface area contributed by atoms with E-state index in [1.807, 2.05) is 56.3 Å². The van der Waals surface area contributed by atoms with E-state index in [0.29, 0.717) is 16.8 Å². The van der Waals surface area contributed by atoms with E-state index in [4.69, 9.17) is 0 Å². The van der Waals surface area contributed by atoms with Crippen LogP contribution in [0, 0.1) is 17.6 Å². The molecule has 5 aromatic rings. The lowest BCUT2D eigenvalue weighted by molar-refractivity contribution is -0.136. The van der Waals surface area contributed by atoms with Crippen molar-refractivity contribution >= 4 is 61.6 Å². The topological polar surface area (TPSA) is 115 Å². The molecule has 9 nitrogen and oxygen atoms in total. The molecule has 0 unspecified atom stereocenters. The number of likely N-dealkylation sites (N-methyl/N-ethyl adjacent to an activating group) is 1. The summed E-state index contributed by atoms with van der Waals surface area (Å²) in [6, 6.07) is 15.7. The summed E-state index contributed by atoms with van der Waals surface area (Å²) in [5, 5.41) is 3.20. The number of nitrogens with zero attached hydrogens (tertiary/aromatic N) is 3. The van der Waals surface area contributed by atoms with Crippen molar-refractivity contribution in [3.63, 3.8) is 0 Å². The number of nitrogens with one attached hydrogen (secondary N) is 2. The third-order valence-electron chi connectivity index (χ3n) is 9.22. The Bertz CT molecular complexity index is 2070. The molecule has 1 spiro atoms. The number of amides is 3. The van der Waals surface area contributed by atoms with Gasteiger partial charge in [-0.3, -0.25) is 19.2 Å². The lowest BCUT2D eigenvalue weighted by Gasteiger charge is -2.34. The highest BCUT2D eigenvalue weighted by Crippen LogP contribution is 2.47. The lowest BCUT2D eigenvalue weighted by Crippen LogP contribution is -2.53. The molecular formula is C35H31F2N5O4S. The number of halogens is 2. The highest BCUT2D eigenvalue weighted by atomic mass is 32.1. The van der Waals surface area contributed by atoms with Crippen LogP contribution in [0.15, 0.2) is 66.7 Å². The first-order valence-electron chi connectivity index (χ1n) is 15.3. The largest absolute Gasteiger partial charge is 0.350 e. The number of hydrogen-bond donors (Lipinski definition) is 2. The SMILES string of the molecule is CC(C)C[C@@H](C(=O)N1C[C@]2(C[C@@H]1C(=O)c1nc3ccccc3s1)C(=O)Nc1ccccc12)N(C)C(=O)c1cc2c(F)cc(F)cc2[nH]1. The second kappa shape index (κ2) is 11.4. The summed E-state index contributed by atoms with van der Waals surface area (Å²) in [6.45, 7) is 3.76. The number of benzene rings is 3. The molecule has 240 valence electrons. The third-order valence-corrected chi connectivity index (χ3v) is 10.3. The van der Waals surface area contributed by atoms with Gasteiger partial charge in [0.15, 0.2) is 5.01 Å². The van der Waals surface area contributed by atoms with Gasteiger partial charge >= 0.3 is 0 Å². The number of carbonyl (C=O) groups excluding carboxylic acids is 4. The van der Waals surface area contributed by atoms with Crippen LogP contribution in [0.5, 0.6) is 0 Å². The molecule has 7 rings (SSSR count). The number of para-hydroxylation sites is 2. The summed E-state index contributed by atoms with van der Waals surface area (Å²) in [4.78, 5) is 66.6. The van der Waals surface area contributed by atoms with Crippen molar-refractivity contribution in [2.24, 2.45) is 5.92 Å². The maximum atomic E-state index is 14.7. The number of thiazole rings is 1. The van der Waals surface area contributed by atoms with Crippen molar-refractivity contribution in [2.75, 3.05) is 18.9 Å². The average Bonchev–Trinajstić information content (AvgIpc) is 3.82. The molecule has 2 N–H and O–H groups in total. The molecular weight excluding hydrogens is 624 g/mol. The minimum absolute atomic E-state index is 0.0161. The molecule has 12 heteroatoms. The van der Waals surface area contributed by atoms with Gasteiger partial charge in [-0.15, -0.1) is 11.3 Å². The number of fused-ring (bicyclic) bond motifs is 4. The second-order valence-electron chi connectivity index (χ2n) is 12.7. The number of aromatic amines is 1. The first-order chi connectivity index (χ1) is 22.5. The fourth-order valence-corrected chi connectivity index (χ4v) is 7.85. The van der Waals surface area contributed by atoms with Crippen LogP contribution >= 0.6 is 11.3 Å². The van der Waals surface area contributed by atoms with Gasteiger partial charge in [0.05, 0.1) is 27.2 Å². The number of ketones is 1. The Hall–Kier alpha value is -4.97. The highest BCUT2D eigenvalue weighted by Gasteiger charge is 2.58. The number of rotatable bonds is 7. The quantitative estimate of drug-likeness (QED) is 0.212. The van der Waals surface area contributed by atoms with E-state index in [1.54, 1.807) is 6.07 Å². The molecule has 1 fully saturated rings. The van der Waals surface area contributed by atoms with Crippen LogP contribution in [0.4, 0.5) is 14.5 Å². The molecule has 4 heterocycles. The van der Waals surface area contributed by atoms with Crippen LogP contribution in [0.1, 0.15) is 52.5 Å². The molecule has 3 aromatic carbocycles. The van der Waals surface area contributed by atoms with E-state index < -0.39 is 40.9 Å². The Balaban J connectivity index is 1.27. The van der Waals surface area contributed by atoms with Gasteiger partial charge in [-0.05, 0) is 54.7 Å². The molecule has 0 aliphatic carbocycles. The summed E-state index contributed by atoms with van der Waals surface area (Å²) in [5.74, 6) is -3.42. The molecule has 2 aromatic heterocycles. The van der Waals surface area contributed by atoms with E-state index in [2.05, 4.69) is 15.3 Å². The Morgan fingerprint density at radius 2 is 1.83 bits per heavy atom. The van der Waals surface area contributed by atoms with Gasteiger partial charge in [0.2, 0.25) is 17.6 Å². The Morgan fingerprint density at radius 3 is 2.60 bits per heavy atom. The molecule has 3 atom stereocenters. The number of anilines is 1. The normalized spacial score (nSPS) is 19.5. The van der Waals surface area contributed by atoms with Crippen LogP contribution < -0.4 is 5.32 Å². The molecule has 3 amide bonds. The van der Waals surface area contributed by atoms with Crippen molar-refractivity contribution in [3.05, 3.63) is 94.6 Å². The van der Waals surface area contributed by atoms with Gasteiger partial charge in [-0.1, -0.05) is 44.2 Å². The fraction of sp³-hybridized carbons (Fsp3) is 0.286. The fourth-order valence-electron chi connectivity index (χ4n) is 6.89. The Kier molecular flexibility index (Phi) is 7.42. The van der Waals surface area contributed by atoms with Gasteiger partial charge in [0.25, 0.3) is 5.91 Å². The standard InChI is InChI=1S/C35H31F2N5O4S/c1-18(2)12-27(41(3)32(44)26-15-20-22(37)13-19(36)14-25(20)38-26)33(45)42-17-35(21-8-4-5-9-23(21)40-34(35)46)16-28(42)30(43)31-39-24-10-6-7-11-29(24)47-31/h4-11,13-15,18,27-28,38H,12,16-17H2,1-3H3,(H,40,46)/t27-,28+,35-/m0/s1. The summed E-state index contributed by atoms with van der Waals surface area (Å²) in [5.41, 5.74) is 0.921. The summed E-state index contributed by atoms with van der Waals surface area (Å²) in [6.07, 6.45) is 0.299. The molecule has 2 aliphatic rings. The number of hydrogen-bond acceptors (Lipinski definition) is 6. The molecule has 2 aliphatic heterocycles. The minimum Gasteiger partial charge on any atom is -0.350 e. The third kappa shape index (κ3) is 5.07. The smallest absolute Gasteiger partial charge is 0.270 e. The number of carbonyl (C=O) groups is 4. The van der Waals surface area contributed by atoms with Crippen LogP contribution in [0.3, 0.4) is 0 Å². The van der Waals surface area contributed by atoms with E-state index in [-0.39, 0.29) is 58.6 Å². The Morgan fingerprint density at radius 1 is 1.09 bits per heavy atom. The molecule has 0 saturated carbocycles. The van der Waals surface area contributed by atoms with Crippen LogP contribution in [-0.2, 0) is 15.0 Å². The summed E-state index contributed by atoms with van der Waals surface area (Å²) in [7, 11) is 1.48. The summed E-state index contributed by atoms with van der Waals surface area (Å²) >= 11 is 1.23. The Labute approximate surface area is 272 Å². The van der Waals surface area contributed by atoms with Gasteiger partial charge < -0.3 is 20.1 Å². The summed E-state index contributed by atoms with van der Waals surface area (Å²) < 4.78 is 29.2. The van der Waals surface area contributed by atoms with E-state index in [0.717, 1.165) is 16.8 Å². The average molecular weight is 656 g/mol. The van der Waals surface area contributed by atoms with Crippen molar-refractivity contribution in [1.29, 1.82) is 0 Å². The van der Waals surface area contributed by atoms with Gasteiger partial charge in [-0.2, -0.15) is 0 Å². The van der Waals surface area contributed by atoms with Crippen molar-refractivity contribution in [2.45, 2.75) is 44.2 Å². The predicted octanol–water partition coefficient (Wildman–Crippen LogP) is 5.92. The van der Waals surface area contributed by atoms with Crippen LogP contribution in [0.2, 0.25) is 0 Å². The monoisotopic (exact) mass is 655 g/mol. The van der Waals surface area contributed by atoms with E-state index in [1.165, 1.54) is 34.3 Å². The first-order valence-corrected chi connectivity index (χ1v) is 16.1. The molecule has 0 radical (unpaired) electrons. The van der Waals surface area contributed by atoms with Crippen LogP contribution in [0.25, 0.3) is 21.1 Å². The number of Topliss-reactive ketones (excluding diaryl/α,β-unsaturated/α-hetero) is 1. The number of H-pyrrole nitrogens is 1. The van der Waals surface area contributed by atoms with E-state index >= 15 is 0 Å². The zero-order valence-electron chi connectivity index (χ0n) is 25.8. The molecule has 1 saturated heterocycles.